The van der Waals surface area contributed by atoms with Crippen molar-refractivity contribution in [3.05, 3.63) is 33.4 Å². The molecule has 2 aromatic rings. The van der Waals surface area contributed by atoms with E-state index in [-0.39, 0.29) is 5.54 Å². The molecule has 0 aliphatic rings. The minimum atomic E-state index is 0.0738. The van der Waals surface area contributed by atoms with Gasteiger partial charge in [0.05, 0.1) is 18.0 Å². The van der Waals surface area contributed by atoms with E-state index in [9.17, 15) is 0 Å². The lowest BCUT2D eigenvalue weighted by molar-refractivity contribution is 0.181. The van der Waals surface area contributed by atoms with Gasteiger partial charge in [-0.3, -0.25) is 4.98 Å². The van der Waals surface area contributed by atoms with Gasteiger partial charge in [0.25, 0.3) is 0 Å². The Hall–Kier alpha value is -0.820. The van der Waals surface area contributed by atoms with Crippen molar-refractivity contribution in [3.63, 3.8) is 0 Å². The molecule has 0 aliphatic heterocycles. The van der Waals surface area contributed by atoms with E-state index in [1.807, 2.05) is 12.1 Å². The molecule has 1 N–H and O–H groups in total. The molecule has 0 fully saturated rings. The largest absolute Gasteiger partial charge is 0.378 e. The minimum Gasteiger partial charge on any atom is -0.378 e. The first-order chi connectivity index (χ1) is 9.89. The second-order valence-electron chi connectivity index (χ2n) is 5.79. The number of ether oxygens (including phenoxy) is 1. The van der Waals surface area contributed by atoms with Gasteiger partial charge >= 0.3 is 0 Å². The van der Waals surface area contributed by atoms with Gasteiger partial charge < -0.3 is 10.1 Å². The van der Waals surface area contributed by atoms with Crippen molar-refractivity contribution < 1.29 is 4.74 Å². The summed E-state index contributed by atoms with van der Waals surface area (Å²) < 4.78 is 6.22. The predicted octanol–water partition coefficient (Wildman–Crippen LogP) is 4.00. The number of aromatic nitrogens is 2. The molecule has 0 amide bonds. The Balaban J connectivity index is 2.25. The van der Waals surface area contributed by atoms with Gasteiger partial charge in [0.2, 0.25) is 0 Å². The van der Waals surface area contributed by atoms with Crippen LogP contribution in [0.4, 0.5) is 0 Å². The molecule has 114 valence electrons. The van der Waals surface area contributed by atoms with Crippen molar-refractivity contribution in [2.45, 2.75) is 39.5 Å². The number of hydrogen-bond donors (Lipinski definition) is 1. The highest BCUT2D eigenvalue weighted by Crippen LogP contribution is 2.28. The van der Waals surface area contributed by atoms with Crippen molar-refractivity contribution >= 4 is 27.3 Å². The van der Waals surface area contributed by atoms with Crippen molar-refractivity contribution in [1.82, 2.24) is 15.3 Å². The summed E-state index contributed by atoms with van der Waals surface area (Å²) in [4.78, 5) is 10.3. The number of methoxy groups -OCH3 is 1. The number of thiazole rings is 1. The van der Waals surface area contributed by atoms with Crippen LogP contribution in [0.3, 0.4) is 0 Å². The zero-order chi connectivity index (χ0) is 15.5. The van der Waals surface area contributed by atoms with Crippen LogP contribution in [0.25, 0.3) is 10.7 Å². The highest BCUT2D eigenvalue weighted by molar-refractivity contribution is 9.10. The number of halogens is 1. The van der Waals surface area contributed by atoms with Gasteiger partial charge in [-0.15, -0.1) is 11.3 Å². The molecule has 0 saturated heterocycles. The Kier molecular flexibility index (Phi) is 5.48. The van der Waals surface area contributed by atoms with Crippen molar-refractivity contribution in [2.75, 3.05) is 7.11 Å². The molecule has 6 heteroatoms. The third-order valence-electron chi connectivity index (χ3n) is 2.79. The first kappa shape index (κ1) is 16.5. The Bertz CT molecular complexity index is 590. The van der Waals surface area contributed by atoms with E-state index in [2.05, 4.69) is 52.0 Å². The summed E-state index contributed by atoms with van der Waals surface area (Å²) in [5.74, 6) is 0. The van der Waals surface area contributed by atoms with E-state index in [1.54, 1.807) is 24.6 Å². The molecule has 0 bridgehead atoms. The SMILES string of the molecule is COCc1nc(-c2ccc(Br)cn2)sc1CNC(C)(C)C. The fourth-order valence-electron chi connectivity index (χ4n) is 1.73. The van der Waals surface area contributed by atoms with Crippen LogP contribution in [-0.2, 0) is 17.9 Å². The van der Waals surface area contributed by atoms with Crippen LogP contribution in [-0.4, -0.2) is 22.6 Å². The first-order valence-corrected chi connectivity index (χ1v) is 8.34. The third kappa shape index (κ3) is 4.85. The van der Waals surface area contributed by atoms with Gasteiger partial charge in [0.1, 0.15) is 5.01 Å². The third-order valence-corrected chi connectivity index (χ3v) is 4.37. The highest BCUT2D eigenvalue weighted by Gasteiger charge is 2.16. The van der Waals surface area contributed by atoms with Gasteiger partial charge in [-0.1, -0.05) is 0 Å². The monoisotopic (exact) mass is 369 g/mol. The number of hydrogen-bond acceptors (Lipinski definition) is 5. The van der Waals surface area contributed by atoms with Crippen molar-refractivity contribution in [1.29, 1.82) is 0 Å². The average Bonchev–Trinajstić information content (AvgIpc) is 2.80. The van der Waals surface area contributed by atoms with Gasteiger partial charge in [0, 0.05) is 34.7 Å². The van der Waals surface area contributed by atoms with Crippen LogP contribution in [0.5, 0.6) is 0 Å². The molecule has 0 spiro atoms. The predicted molar refractivity (Wildman–Crippen MR) is 90.4 cm³/mol. The molecule has 4 nitrogen and oxygen atoms in total. The number of rotatable bonds is 5. The van der Waals surface area contributed by atoms with Crippen LogP contribution < -0.4 is 5.32 Å². The summed E-state index contributed by atoms with van der Waals surface area (Å²) in [6, 6.07) is 3.95. The van der Waals surface area contributed by atoms with Crippen LogP contribution in [0.2, 0.25) is 0 Å². The molecule has 0 unspecified atom stereocenters. The Morgan fingerprint density at radius 3 is 2.67 bits per heavy atom. The molecule has 2 aromatic heterocycles. The summed E-state index contributed by atoms with van der Waals surface area (Å²) in [7, 11) is 1.69. The quantitative estimate of drug-likeness (QED) is 0.864. The van der Waals surface area contributed by atoms with Gasteiger partial charge in [0.15, 0.2) is 0 Å². The van der Waals surface area contributed by atoms with Gasteiger partial charge in [-0.05, 0) is 48.8 Å². The maximum Gasteiger partial charge on any atom is 0.142 e. The smallest absolute Gasteiger partial charge is 0.142 e. The Morgan fingerprint density at radius 2 is 2.10 bits per heavy atom. The van der Waals surface area contributed by atoms with Gasteiger partial charge in [-0.2, -0.15) is 0 Å². The van der Waals surface area contributed by atoms with Crippen LogP contribution in [0.15, 0.2) is 22.8 Å². The molecule has 21 heavy (non-hydrogen) atoms. The van der Waals surface area contributed by atoms with E-state index in [0.29, 0.717) is 6.61 Å². The highest BCUT2D eigenvalue weighted by atomic mass is 79.9. The molecule has 0 aromatic carbocycles. The lowest BCUT2D eigenvalue weighted by Gasteiger charge is -2.20. The molecule has 0 radical (unpaired) electrons. The molecular weight excluding hydrogens is 350 g/mol. The average molecular weight is 370 g/mol. The Morgan fingerprint density at radius 1 is 1.33 bits per heavy atom. The van der Waals surface area contributed by atoms with E-state index in [1.165, 1.54) is 4.88 Å². The zero-order valence-corrected chi connectivity index (χ0v) is 15.1. The molecule has 0 atom stereocenters. The standard InChI is InChI=1S/C15H20BrN3OS/c1-15(2,3)18-8-13-12(9-20-4)19-14(21-13)11-6-5-10(16)7-17-11/h5-7,18H,8-9H2,1-4H3. The normalized spacial score (nSPS) is 11.9. The molecular formula is C15H20BrN3OS. The zero-order valence-electron chi connectivity index (χ0n) is 12.7. The van der Waals surface area contributed by atoms with E-state index < -0.39 is 0 Å². The number of nitrogens with zero attached hydrogens (tertiary/aromatic N) is 2. The molecule has 2 heterocycles. The van der Waals surface area contributed by atoms with Gasteiger partial charge in [-0.25, -0.2) is 4.98 Å². The summed E-state index contributed by atoms with van der Waals surface area (Å²) >= 11 is 5.07. The number of pyridine rings is 1. The molecule has 0 aliphatic carbocycles. The molecule has 2 rings (SSSR count). The lowest BCUT2D eigenvalue weighted by Crippen LogP contribution is -2.35. The molecule has 0 saturated carbocycles. The van der Waals surface area contributed by atoms with Crippen LogP contribution >= 0.6 is 27.3 Å². The van der Waals surface area contributed by atoms with E-state index in [0.717, 1.165) is 27.4 Å². The lowest BCUT2D eigenvalue weighted by atomic mass is 10.1. The number of nitrogens with one attached hydrogen (secondary N) is 1. The van der Waals surface area contributed by atoms with Crippen molar-refractivity contribution in [3.8, 4) is 10.7 Å². The summed E-state index contributed by atoms with van der Waals surface area (Å²) in [6.07, 6.45) is 1.79. The summed E-state index contributed by atoms with van der Waals surface area (Å²) in [6.45, 7) is 7.77. The van der Waals surface area contributed by atoms with Crippen LogP contribution in [0, 0.1) is 0 Å². The van der Waals surface area contributed by atoms with E-state index in [4.69, 9.17) is 4.74 Å². The van der Waals surface area contributed by atoms with Crippen molar-refractivity contribution in [2.24, 2.45) is 0 Å². The fourth-order valence-corrected chi connectivity index (χ4v) is 2.94. The Labute approximate surface area is 138 Å². The second kappa shape index (κ2) is 6.96. The summed E-state index contributed by atoms with van der Waals surface area (Å²) in [5.41, 5.74) is 1.95. The first-order valence-electron chi connectivity index (χ1n) is 6.73. The minimum absolute atomic E-state index is 0.0738. The second-order valence-corrected chi connectivity index (χ2v) is 7.79. The maximum absolute atomic E-state index is 5.26. The van der Waals surface area contributed by atoms with E-state index >= 15 is 0 Å². The summed E-state index contributed by atoms with van der Waals surface area (Å²) in [5, 5.41) is 4.43. The fraction of sp³-hybridized carbons (Fsp3) is 0.467. The maximum atomic E-state index is 5.26. The van der Waals surface area contributed by atoms with Crippen LogP contribution in [0.1, 0.15) is 31.3 Å². The topological polar surface area (TPSA) is 47.0 Å².